The summed E-state index contributed by atoms with van der Waals surface area (Å²) >= 11 is 0. The number of nitrogens with zero attached hydrogens (tertiary/aromatic N) is 3. The highest BCUT2D eigenvalue weighted by Crippen LogP contribution is 2.26. The van der Waals surface area contributed by atoms with E-state index in [1.54, 1.807) is 6.20 Å². The van der Waals surface area contributed by atoms with E-state index in [4.69, 9.17) is 5.73 Å². The number of para-hydroxylation sites is 1. The summed E-state index contributed by atoms with van der Waals surface area (Å²) in [5, 5.41) is 1.09. The van der Waals surface area contributed by atoms with Gasteiger partial charge in [-0.15, -0.1) is 0 Å². The summed E-state index contributed by atoms with van der Waals surface area (Å²) in [4.78, 5) is 8.84. The van der Waals surface area contributed by atoms with Crippen LogP contribution in [0, 0.1) is 6.92 Å². The molecule has 2 aromatic carbocycles. The third-order valence-electron chi connectivity index (χ3n) is 3.76. The molecule has 0 unspecified atom stereocenters. The molecule has 0 aliphatic heterocycles. The second kappa shape index (κ2) is 4.31. The predicted octanol–water partition coefficient (Wildman–Crippen LogP) is 3.46. The summed E-state index contributed by atoms with van der Waals surface area (Å²) < 4.78 is 1.98. The van der Waals surface area contributed by atoms with Gasteiger partial charge in [-0.3, -0.25) is 9.55 Å². The summed E-state index contributed by atoms with van der Waals surface area (Å²) in [6.07, 6.45) is 1.80. The zero-order chi connectivity index (χ0) is 14.4. The molecule has 21 heavy (non-hydrogen) atoms. The van der Waals surface area contributed by atoms with Crippen LogP contribution >= 0.6 is 0 Å². The topological polar surface area (TPSA) is 56.7 Å². The Bertz CT molecular complexity index is 969. The minimum atomic E-state index is 0.502. The molecule has 0 aliphatic carbocycles. The van der Waals surface area contributed by atoms with Gasteiger partial charge in [0.2, 0.25) is 5.95 Å². The number of benzene rings is 2. The molecule has 4 aromatic rings. The Hall–Kier alpha value is -2.88. The maximum absolute atomic E-state index is 6.13. The van der Waals surface area contributed by atoms with Crippen LogP contribution in [0.15, 0.2) is 54.7 Å². The second-order valence-corrected chi connectivity index (χ2v) is 5.13. The molecule has 0 spiro atoms. The molecule has 0 atom stereocenters. The first-order valence-electron chi connectivity index (χ1n) is 6.83. The van der Waals surface area contributed by atoms with E-state index in [1.807, 2.05) is 54.0 Å². The molecular formula is C17H14N4. The molecule has 4 nitrogen and oxygen atoms in total. The molecule has 2 N–H and O–H groups in total. The third kappa shape index (κ3) is 1.76. The van der Waals surface area contributed by atoms with Crippen LogP contribution in [0.25, 0.3) is 27.6 Å². The SMILES string of the molecule is Cc1cccc2c1nc(N)n2-c1ccc2ncccc2c1. The molecule has 0 bridgehead atoms. The van der Waals surface area contributed by atoms with Gasteiger partial charge in [-0.1, -0.05) is 18.2 Å². The Labute approximate surface area is 121 Å². The van der Waals surface area contributed by atoms with E-state index in [2.05, 4.69) is 16.0 Å². The highest BCUT2D eigenvalue weighted by molar-refractivity contribution is 5.86. The lowest BCUT2D eigenvalue weighted by Crippen LogP contribution is -2.00. The van der Waals surface area contributed by atoms with Crippen LogP contribution in [0.2, 0.25) is 0 Å². The van der Waals surface area contributed by atoms with Crippen molar-refractivity contribution in [3.05, 3.63) is 60.3 Å². The number of anilines is 1. The first kappa shape index (κ1) is 11.9. The van der Waals surface area contributed by atoms with Crippen molar-refractivity contribution in [1.29, 1.82) is 0 Å². The maximum atomic E-state index is 6.13. The van der Waals surface area contributed by atoms with Gasteiger partial charge in [-0.25, -0.2) is 4.98 Å². The minimum Gasteiger partial charge on any atom is -0.369 e. The van der Waals surface area contributed by atoms with Crippen molar-refractivity contribution in [2.75, 3.05) is 5.73 Å². The van der Waals surface area contributed by atoms with Gasteiger partial charge < -0.3 is 5.73 Å². The van der Waals surface area contributed by atoms with E-state index >= 15 is 0 Å². The molecule has 0 saturated carbocycles. The lowest BCUT2D eigenvalue weighted by molar-refractivity contribution is 1.11. The van der Waals surface area contributed by atoms with E-state index in [1.165, 1.54) is 0 Å². The highest BCUT2D eigenvalue weighted by Gasteiger charge is 2.11. The molecule has 2 aromatic heterocycles. The van der Waals surface area contributed by atoms with E-state index in [0.29, 0.717) is 5.95 Å². The fourth-order valence-corrected chi connectivity index (χ4v) is 2.73. The van der Waals surface area contributed by atoms with Crippen LogP contribution in [0.3, 0.4) is 0 Å². The minimum absolute atomic E-state index is 0.502. The van der Waals surface area contributed by atoms with Gasteiger partial charge >= 0.3 is 0 Å². The Kier molecular flexibility index (Phi) is 2.44. The van der Waals surface area contributed by atoms with Crippen LogP contribution < -0.4 is 5.73 Å². The van der Waals surface area contributed by atoms with Crippen molar-refractivity contribution in [2.24, 2.45) is 0 Å². The van der Waals surface area contributed by atoms with Crippen LogP contribution in [-0.4, -0.2) is 14.5 Å². The van der Waals surface area contributed by atoms with Crippen molar-refractivity contribution in [3.63, 3.8) is 0 Å². The molecule has 0 fully saturated rings. The molecule has 0 saturated heterocycles. The fourth-order valence-electron chi connectivity index (χ4n) is 2.73. The monoisotopic (exact) mass is 274 g/mol. The van der Waals surface area contributed by atoms with Gasteiger partial charge in [0, 0.05) is 17.3 Å². The van der Waals surface area contributed by atoms with Crippen molar-refractivity contribution in [3.8, 4) is 5.69 Å². The van der Waals surface area contributed by atoms with Crippen molar-refractivity contribution < 1.29 is 0 Å². The van der Waals surface area contributed by atoms with Crippen molar-refractivity contribution in [1.82, 2.24) is 14.5 Å². The van der Waals surface area contributed by atoms with Crippen molar-refractivity contribution >= 4 is 27.9 Å². The first-order valence-corrected chi connectivity index (χ1v) is 6.83. The van der Waals surface area contributed by atoms with Gasteiger partial charge in [0.1, 0.15) is 0 Å². The number of aromatic nitrogens is 3. The third-order valence-corrected chi connectivity index (χ3v) is 3.76. The summed E-state index contributed by atoms with van der Waals surface area (Å²) in [5.41, 5.74) is 11.2. The average molecular weight is 274 g/mol. The Morgan fingerprint density at radius 1 is 1.05 bits per heavy atom. The van der Waals surface area contributed by atoms with Crippen LogP contribution in [0.4, 0.5) is 5.95 Å². The molecular weight excluding hydrogens is 260 g/mol. The van der Waals surface area contributed by atoms with Crippen LogP contribution in [0.1, 0.15) is 5.56 Å². The highest BCUT2D eigenvalue weighted by atomic mass is 15.2. The number of aryl methyl sites for hydroxylation is 1. The fraction of sp³-hybridized carbons (Fsp3) is 0.0588. The molecule has 0 amide bonds. The smallest absolute Gasteiger partial charge is 0.205 e. The van der Waals surface area contributed by atoms with E-state index in [-0.39, 0.29) is 0 Å². The average Bonchev–Trinajstić information content (AvgIpc) is 2.84. The quantitative estimate of drug-likeness (QED) is 0.578. The van der Waals surface area contributed by atoms with Gasteiger partial charge in [-0.05, 0) is 42.8 Å². The van der Waals surface area contributed by atoms with Crippen molar-refractivity contribution in [2.45, 2.75) is 6.92 Å². The van der Waals surface area contributed by atoms with Gasteiger partial charge in [0.05, 0.1) is 16.6 Å². The molecule has 102 valence electrons. The zero-order valence-electron chi connectivity index (χ0n) is 11.6. The first-order chi connectivity index (χ1) is 10.2. The Morgan fingerprint density at radius 2 is 1.95 bits per heavy atom. The number of nitrogen functional groups attached to an aromatic ring is 1. The number of fused-ring (bicyclic) bond motifs is 2. The number of rotatable bonds is 1. The molecule has 4 rings (SSSR count). The number of pyridine rings is 1. The number of nitrogens with two attached hydrogens (primary N) is 1. The van der Waals surface area contributed by atoms with E-state index in [9.17, 15) is 0 Å². The summed E-state index contributed by atoms with van der Waals surface area (Å²) in [6.45, 7) is 2.05. The number of hydrogen-bond donors (Lipinski definition) is 1. The van der Waals surface area contributed by atoms with Gasteiger partial charge in [0.25, 0.3) is 0 Å². The normalized spacial score (nSPS) is 11.3. The number of hydrogen-bond acceptors (Lipinski definition) is 3. The van der Waals surface area contributed by atoms with E-state index < -0.39 is 0 Å². The molecule has 0 aliphatic rings. The Morgan fingerprint density at radius 3 is 2.86 bits per heavy atom. The standard InChI is InChI=1S/C17H14N4/c1-11-4-2-6-15-16(11)20-17(18)21(15)13-7-8-14-12(10-13)5-3-9-19-14/h2-10H,1H3,(H2,18,20). The molecule has 0 radical (unpaired) electrons. The van der Waals surface area contributed by atoms with Crippen LogP contribution in [0.5, 0.6) is 0 Å². The predicted molar refractivity (Wildman–Crippen MR) is 85.5 cm³/mol. The largest absolute Gasteiger partial charge is 0.369 e. The maximum Gasteiger partial charge on any atom is 0.205 e. The second-order valence-electron chi connectivity index (χ2n) is 5.13. The molecule has 4 heteroatoms. The summed E-state index contributed by atoms with van der Waals surface area (Å²) in [7, 11) is 0. The van der Waals surface area contributed by atoms with E-state index in [0.717, 1.165) is 33.2 Å². The van der Waals surface area contributed by atoms with Gasteiger partial charge in [0.15, 0.2) is 0 Å². The Balaban J connectivity index is 2.04. The molecule has 2 heterocycles. The lowest BCUT2D eigenvalue weighted by atomic mass is 10.2. The van der Waals surface area contributed by atoms with Gasteiger partial charge in [-0.2, -0.15) is 0 Å². The lowest BCUT2D eigenvalue weighted by Gasteiger charge is -2.08. The number of imidazole rings is 1. The zero-order valence-corrected chi connectivity index (χ0v) is 11.6. The summed E-state index contributed by atoms with van der Waals surface area (Å²) in [5.74, 6) is 0.502. The van der Waals surface area contributed by atoms with Crippen LogP contribution in [-0.2, 0) is 0 Å². The summed E-state index contributed by atoms with van der Waals surface area (Å²) in [6, 6.07) is 16.2.